The minimum Gasteiger partial charge on any atom is -0.394 e. The van der Waals surface area contributed by atoms with Gasteiger partial charge in [0.25, 0.3) is 0 Å². The van der Waals surface area contributed by atoms with E-state index in [4.69, 9.17) is 28.4 Å². The lowest BCUT2D eigenvalue weighted by Crippen LogP contribution is -2.66. The normalized spacial score (nSPS) is 30.2. The van der Waals surface area contributed by atoms with Crippen LogP contribution in [0.4, 0.5) is 0 Å². The van der Waals surface area contributed by atoms with Crippen molar-refractivity contribution in [2.75, 3.05) is 26.4 Å². The molecule has 3 rings (SSSR count). The third kappa shape index (κ3) is 28.0. The van der Waals surface area contributed by atoms with Crippen molar-refractivity contribution in [3.05, 3.63) is 0 Å². The van der Waals surface area contributed by atoms with Crippen LogP contribution in [0.15, 0.2) is 0 Å². The zero-order chi connectivity index (χ0) is 57.6. The van der Waals surface area contributed by atoms with Crippen molar-refractivity contribution >= 4 is 5.91 Å². The number of rotatable bonds is 48. The number of hydrogen-bond donors (Lipinski definition) is 12. The van der Waals surface area contributed by atoms with Gasteiger partial charge < -0.3 is 89.9 Å². The molecule has 0 aromatic rings. The lowest BCUT2D eigenvalue weighted by atomic mass is 9.96. The summed E-state index contributed by atoms with van der Waals surface area (Å²) in [5.74, 6) is -0.238. The summed E-state index contributed by atoms with van der Waals surface area (Å²) in [7, 11) is 0. The zero-order valence-corrected chi connectivity index (χ0v) is 48.9. The second kappa shape index (κ2) is 44.3. The highest BCUT2D eigenvalue weighted by Gasteiger charge is 2.53. The summed E-state index contributed by atoms with van der Waals surface area (Å²) in [6.45, 7) is 1.82. The number of ether oxygens (including phenoxy) is 6. The molecule has 0 spiro atoms. The zero-order valence-electron chi connectivity index (χ0n) is 48.9. The fourth-order valence-electron chi connectivity index (χ4n) is 11.2. The molecular weight excluding hydrogens is 1020 g/mol. The summed E-state index contributed by atoms with van der Waals surface area (Å²) >= 11 is 0. The molecular formula is C60H115NO18. The summed E-state index contributed by atoms with van der Waals surface area (Å²) in [6.07, 6.45) is 16.0. The van der Waals surface area contributed by atoms with Gasteiger partial charge >= 0.3 is 0 Å². The summed E-state index contributed by atoms with van der Waals surface area (Å²) in [5, 5.41) is 120. The summed E-state index contributed by atoms with van der Waals surface area (Å²) in [4.78, 5) is 13.4. The first kappa shape index (κ1) is 72.1. The van der Waals surface area contributed by atoms with Crippen LogP contribution < -0.4 is 5.32 Å². The Labute approximate surface area is 474 Å². The Bertz CT molecular complexity index is 1450. The fourth-order valence-corrected chi connectivity index (χ4v) is 11.2. The predicted molar refractivity (Wildman–Crippen MR) is 300 cm³/mol. The SMILES string of the molecule is CCCCCCCCCCCCCCCCCCCCC(O)C(COC1OC(CO)C(OC2OC(CO)C(OC3OC(CO)C(O)C(O)C3O)C(O)C2O)C(O)C1O)NC(=O)CCCCCCCCCCCCCCCCCC. The van der Waals surface area contributed by atoms with E-state index < -0.39 is 124 Å². The Hall–Kier alpha value is -1.21. The number of carbonyl (C=O) groups is 1. The molecule has 0 aromatic heterocycles. The second-order valence-electron chi connectivity index (χ2n) is 23.2. The summed E-state index contributed by atoms with van der Waals surface area (Å²) in [6, 6.07) is -0.880. The van der Waals surface area contributed by atoms with Gasteiger partial charge in [0.05, 0.1) is 38.6 Å². The molecule has 3 fully saturated rings. The first-order valence-corrected chi connectivity index (χ1v) is 31.8. The van der Waals surface area contributed by atoms with Crippen LogP contribution >= 0.6 is 0 Å². The number of aliphatic hydroxyl groups is 11. The molecule has 19 heteroatoms. The largest absolute Gasteiger partial charge is 0.394 e. The highest BCUT2D eigenvalue weighted by molar-refractivity contribution is 5.76. The van der Waals surface area contributed by atoms with Gasteiger partial charge in [-0.3, -0.25) is 4.79 Å². The van der Waals surface area contributed by atoms with Crippen LogP contribution in [-0.4, -0.2) is 193 Å². The van der Waals surface area contributed by atoms with E-state index in [-0.39, 0.29) is 18.9 Å². The molecule has 3 aliphatic heterocycles. The Kier molecular flexibility index (Phi) is 40.4. The van der Waals surface area contributed by atoms with E-state index in [1.165, 1.54) is 167 Å². The molecule has 3 saturated heterocycles. The molecule has 19 nitrogen and oxygen atoms in total. The number of aliphatic hydroxyl groups excluding tert-OH is 11. The molecule has 0 radical (unpaired) electrons. The van der Waals surface area contributed by atoms with Gasteiger partial charge in [-0.05, 0) is 12.8 Å². The van der Waals surface area contributed by atoms with Gasteiger partial charge in [-0.1, -0.05) is 226 Å². The van der Waals surface area contributed by atoms with Crippen molar-refractivity contribution in [2.24, 2.45) is 0 Å². The molecule has 0 saturated carbocycles. The molecule has 12 N–H and O–H groups in total. The Morgan fingerprint density at radius 2 is 0.722 bits per heavy atom. The number of hydrogen-bond acceptors (Lipinski definition) is 18. The average Bonchev–Trinajstić information content (AvgIpc) is 3.49. The van der Waals surface area contributed by atoms with E-state index in [0.29, 0.717) is 12.8 Å². The van der Waals surface area contributed by atoms with E-state index in [2.05, 4.69) is 19.2 Å². The number of nitrogens with one attached hydrogen (secondary N) is 1. The maximum Gasteiger partial charge on any atom is 0.220 e. The smallest absolute Gasteiger partial charge is 0.220 e. The van der Waals surface area contributed by atoms with Crippen molar-refractivity contribution in [2.45, 2.75) is 349 Å². The van der Waals surface area contributed by atoms with E-state index in [1.807, 2.05) is 0 Å². The number of unbranched alkanes of at least 4 members (excludes halogenated alkanes) is 32. The van der Waals surface area contributed by atoms with Crippen molar-refractivity contribution in [1.29, 1.82) is 0 Å². The molecule has 17 atom stereocenters. The topological polar surface area (TPSA) is 307 Å². The minimum atomic E-state index is -1.97. The maximum atomic E-state index is 13.4. The van der Waals surface area contributed by atoms with Crippen molar-refractivity contribution in [3.63, 3.8) is 0 Å². The number of amides is 1. The Morgan fingerprint density at radius 1 is 0.405 bits per heavy atom. The average molecular weight is 1140 g/mol. The van der Waals surface area contributed by atoms with Crippen LogP contribution in [0.1, 0.15) is 245 Å². The van der Waals surface area contributed by atoms with E-state index in [1.54, 1.807) is 0 Å². The lowest BCUT2D eigenvalue weighted by molar-refractivity contribution is -0.379. The van der Waals surface area contributed by atoms with Gasteiger partial charge in [0.2, 0.25) is 5.91 Å². The third-order valence-electron chi connectivity index (χ3n) is 16.4. The molecule has 3 heterocycles. The summed E-state index contributed by atoms with van der Waals surface area (Å²) in [5.41, 5.74) is 0. The predicted octanol–water partition coefficient (Wildman–Crippen LogP) is 6.38. The minimum absolute atomic E-state index is 0.238. The van der Waals surface area contributed by atoms with Crippen LogP contribution in [0, 0.1) is 0 Å². The Balaban J connectivity index is 1.48. The molecule has 0 aromatic carbocycles. The fraction of sp³-hybridized carbons (Fsp3) is 0.983. The van der Waals surface area contributed by atoms with Gasteiger partial charge in [0.15, 0.2) is 18.9 Å². The molecule has 17 unspecified atom stereocenters. The molecule has 3 aliphatic rings. The molecule has 79 heavy (non-hydrogen) atoms. The second-order valence-corrected chi connectivity index (χ2v) is 23.2. The molecule has 468 valence electrons. The van der Waals surface area contributed by atoms with Crippen molar-refractivity contribution < 1.29 is 89.4 Å². The first-order chi connectivity index (χ1) is 38.3. The van der Waals surface area contributed by atoms with E-state index >= 15 is 0 Å². The van der Waals surface area contributed by atoms with Crippen LogP contribution in [0.2, 0.25) is 0 Å². The summed E-state index contributed by atoms with van der Waals surface area (Å²) < 4.78 is 34.3. The quantitative estimate of drug-likeness (QED) is 0.0294. The van der Waals surface area contributed by atoms with Gasteiger partial charge in [-0.2, -0.15) is 0 Å². The first-order valence-electron chi connectivity index (χ1n) is 31.8. The molecule has 1 amide bonds. The van der Waals surface area contributed by atoms with Crippen LogP contribution in [0.5, 0.6) is 0 Å². The van der Waals surface area contributed by atoms with Crippen LogP contribution in [0.25, 0.3) is 0 Å². The highest BCUT2D eigenvalue weighted by Crippen LogP contribution is 2.33. The van der Waals surface area contributed by atoms with Crippen LogP contribution in [-0.2, 0) is 33.2 Å². The van der Waals surface area contributed by atoms with E-state index in [9.17, 15) is 61.0 Å². The van der Waals surface area contributed by atoms with Crippen molar-refractivity contribution in [1.82, 2.24) is 5.32 Å². The van der Waals surface area contributed by atoms with E-state index in [0.717, 1.165) is 44.9 Å². The third-order valence-corrected chi connectivity index (χ3v) is 16.4. The monoisotopic (exact) mass is 1140 g/mol. The van der Waals surface area contributed by atoms with Crippen molar-refractivity contribution in [3.8, 4) is 0 Å². The van der Waals surface area contributed by atoms with Crippen LogP contribution in [0.3, 0.4) is 0 Å². The maximum absolute atomic E-state index is 13.4. The highest BCUT2D eigenvalue weighted by atomic mass is 16.8. The number of carbonyl (C=O) groups excluding carboxylic acids is 1. The lowest BCUT2D eigenvalue weighted by Gasteiger charge is -2.48. The van der Waals surface area contributed by atoms with Gasteiger partial charge in [0.1, 0.15) is 73.2 Å². The van der Waals surface area contributed by atoms with Gasteiger partial charge in [-0.15, -0.1) is 0 Å². The van der Waals surface area contributed by atoms with Gasteiger partial charge in [-0.25, -0.2) is 0 Å². The van der Waals surface area contributed by atoms with Gasteiger partial charge in [0, 0.05) is 6.42 Å². The molecule has 0 aliphatic carbocycles. The molecule has 0 bridgehead atoms. The Morgan fingerprint density at radius 3 is 1.10 bits per heavy atom. The standard InChI is InChI=1S/C60H115NO18/c1-3-5-7-9-11-13-15-17-19-21-22-23-25-27-29-31-33-35-37-44(65)43(61-48(66)38-36-34-32-30-28-26-24-20-18-16-14-12-10-8-6-4-2)42-74-58-54(72)51(69)56(46(40-63)76-58)79-60-55(73)52(70)57(47(41-64)77-60)78-59-53(71)50(68)49(67)45(39-62)75-59/h43-47,49-60,62-65,67-73H,3-42H2,1-2H3,(H,61,66).